The molecule has 3 rings (SSSR count). The summed E-state index contributed by atoms with van der Waals surface area (Å²) in [6.45, 7) is -0.670. The predicted octanol–water partition coefficient (Wildman–Crippen LogP) is 5.28. The molecule has 1 saturated heterocycles. The van der Waals surface area contributed by atoms with E-state index in [1.165, 1.54) is 12.1 Å². The first-order valence-corrected chi connectivity index (χ1v) is 8.79. The summed E-state index contributed by atoms with van der Waals surface area (Å²) in [4.78, 5) is 1.93. The lowest BCUT2D eigenvalue weighted by Gasteiger charge is -2.26. The summed E-state index contributed by atoms with van der Waals surface area (Å²) in [6.07, 6.45) is -4.35. The number of aryl methyl sites for hydroxylation is 1. The molecule has 0 saturated carbocycles. The van der Waals surface area contributed by atoms with E-state index in [1.807, 2.05) is 36.1 Å². The minimum atomic E-state index is -4.41. The minimum absolute atomic E-state index is 0.168. The molecule has 1 fully saturated rings. The standard InChI is InChI=1S/C20H20F5NO2/c1-13-2-6-15(7-3-13)26-11-18(10-16(26)12-27-19(21)22)28-17-8-4-14(5-9-17)20(23,24)25/h2-9,16,18-19H,10-12H2,1H3/t16-,18-/m0/s1. The van der Waals surface area contributed by atoms with Gasteiger partial charge in [0.1, 0.15) is 11.9 Å². The predicted molar refractivity (Wildman–Crippen MR) is 94.7 cm³/mol. The Morgan fingerprint density at radius 3 is 2.25 bits per heavy atom. The molecule has 1 heterocycles. The molecular weight excluding hydrogens is 381 g/mol. The molecule has 0 spiro atoms. The van der Waals surface area contributed by atoms with E-state index >= 15 is 0 Å². The van der Waals surface area contributed by atoms with Crippen LogP contribution in [0.2, 0.25) is 0 Å². The molecule has 1 aliphatic heterocycles. The van der Waals surface area contributed by atoms with Crippen LogP contribution in [0.4, 0.5) is 27.6 Å². The van der Waals surface area contributed by atoms with Gasteiger partial charge in [-0.05, 0) is 43.3 Å². The van der Waals surface area contributed by atoms with Crippen molar-refractivity contribution in [3.8, 4) is 5.75 Å². The zero-order valence-electron chi connectivity index (χ0n) is 15.1. The largest absolute Gasteiger partial charge is 0.489 e. The SMILES string of the molecule is Cc1ccc(N2C[C@@H](Oc3ccc(C(F)(F)F)cc3)C[C@H]2COC(F)F)cc1. The fraction of sp³-hybridized carbons (Fsp3) is 0.400. The van der Waals surface area contributed by atoms with E-state index in [2.05, 4.69) is 4.74 Å². The molecule has 2 aromatic carbocycles. The molecule has 3 nitrogen and oxygen atoms in total. The summed E-state index contributed by atoms with van der Waals surface area (Å²) in [5.74, 6) is 0.303. The zero-order chi connectivity index (χ0) is 20.3. The van der Waals surface area contributed by atoms with Crippen LogP contribution in [0.15, 0.2) is 48.5 Å². The molecule has 1 aliphatic rings. The molecule has 0 amide bonds. The Balaban J connectivity index is 1.71. The third-order valence-corrected chi connectivity index (χ3v) is 4.64. The van der Waals surface area contributed by atoms with Crippen molar-refractivity contribution in [1.82, 2.24) is 0 Å². The fourth-order valence-corrected chi connectivity index (χ4v) is 3.27. The van der Waals surface area contributed by atoms with E-state index < -0.39 is 18.4 Å². The molecule has 152 valence electrons. The lowest BCUT2D eigenvalue weighted by molar-refractivity contribution is -0.137. The number of benzene rings is 2. The van der Waals surface area contributed by atoms with Crippen molar-refractivity contribution < 1.29 is 31.4 Å². The highest BCUT2D eigenvalue weighted by molar-refractivity contribution is 5.50. The van der Waals surface area contributed by atoms with Gasteiger partial charge in [0.25, 0.3) is 0 Å². The average molecular weight is 401 g/mol. The molecule has 0 bridgehead atoms. The number of nitrogens with zero attached hydrogens (tertiary/aromatic N) is 1. The highest BCUT2D eigenvalue weighted by Gasteiger charge is 2.35. The van der Waals surface area contributed by atoms with Gasteiger partial charge in [0.2, 0.25) is 0 Å². The number of rotatable bonds is 6. The van der Waals surface area contributed by atoms with Gasteiger partial charge in [-0.1, -0.05) is 17.7 Å². The second-order valence-corrected chi connectivity index (χ2v) is 6.73. The molecule has 0 aromatic heterocycles. The van der Waals surface area contributed by atoms with Crippen LogP contribution < -0.4 is 9.64 Å². The summed E-state index contributed by atoms with van der Waals surface area (Å²) < 4.78 is 73.3. The van der Waals surface area contributed by atoms with E-state index in [9.17, 15) is 22.0 Å². The first-order valence-electron chi connectivity index (χ1n) is 8.79. The van der Waals surface area contributed by atoms with Crippen molar-refractivity contribution in [3.05, 3.63) is 59.7 Å². The summed E-state index contributed by atoms with van der Waals surface area (Å²) in [5, 5.41) is 0. The Morgan fingerprint density at radius 1 is 1.04 bits per heavy atom. The molecule has 8 heteroatoms. The smallest absolute Gasteiger partial charge is 0.416 e. The Morgan fingerprint density at radius 2 is 1.68 bits per heavy atom. The average Bonchev–Trinajstić information content (AvgIpc) is 3.03. The van der Waals surface area contributed by atoms with Crippen molar-refractivity contribution in [2.45, 2.75) is 38.3 Å². The summed E-state index contributed by atoms with van der Waals surface area (Å²) in [7, 11) is 0. The number of hydrogen-bond acceptors (Lipinski definition) is 3. The minimum Gasteiger partial charge on any atom is -0.489 e. The van der Waals surface area contributed by atoms with Gasteiger partial charge in [0, 0.05) is 12.1 Å². The molecule has 28 heavy (non-hydrogen) atoms. The third-order valence-electron chi connectivity index (χ3n) is 4.64. The first-order chi connectivity index (χ1) is 13.2. The van der Waals surface area contributed by atoms with Gasteiger partial charge in [0.05, 0.1) is 24.8 Å². The van der Waals surface area contributed by atoms with Gasteiger partial charge in [0.15, 0.2) is 0 Å². The van der Waals surface area contributed by atoms with Crippen molar-refractivity contribution >= 4 is 5.69 Å². The lowest BCUT2D eigenvalue weighted by Crippen LogP contribution is -2.34. The van der Waals surface area contributed by atoms with Gasteiger partial charge in [-0.15, -0.1) is 0 Å². The van der Waals surface area contributed by atoms with E-state index in [0.717, 1.165) is 23.4 Å². The van der Waals surface area contributed by atoms with Gasteiger partial charge in [-0.2, -0.15) is 22.0 Å². The van der Waals surface area contributed by atoms with Crippen LogP contribution >= 0.6 is 0 Å². The first kappa shape index (κ1) is 20.4. The number of alkyl halides is 5. The molecule has 0 radical (unpaired) electrons. The van der Waals surface area contributed by atoms with Crippen molar-refractivity contribution in [1.29, 1.82) is 0 Å². The van der Waals surface area contributed by atoms with Crippen LogP contribution in [0.3, 0.4) is 0 Å². The molecule has 0 N–H and O–H groups in total. The van der Waals surface area contributed by atoms with Crippen molar-refractivity contribution in [2.75, 3.05) is 18.1 Å². The lowest BCUT2D eigenvalue weighted by atomic mass is 10.2. The third kappa shape index (κ3) is 5.13. The monoisotopic (exact) mass is 401 g/mol. The summed E-state index contributed by atoms with van der Waals surface area (Å²) in [5.41, 5.74) is 1.17. The zero-order valence-corrected chi connectivity index (χ0v) is 15.1. The maximum atomic E-state index is 12.7. The molecule has 0 unspecified atom stereocenters. The van der Waals surface area contributed by atoms with E-state index in [0.29, 0.717) is 18.7 Å². The maximum Gasteiger partial charge on any atom is 0.416 e. The highest BCUT2D eigenvalue weighted by Crippen LogP contribution is 2.32. The van der Waals surface area contributed by atoms with Gasteiger partial charge in [-0.25, -0.2) is 0 Å². The number of hydrogen-bond donors (Lipinski definition) is 0. The summed E-state index contributed by atoms with van der Waals surface area (Å²) >= 11 is 0. The van der Waals surface area contributed by atoms with Crippen LogP contribution in [-0.2, 0) is 10.9 Å². The number of anilines is 1. The molecular formula is C20H20F5NO2. The Labute approximate surface area is 159 Å². The van der Waals surface area contributed by atoms with Crippen molar-refractivity contribution in [2.24, 2.45) is 0 Å². The van der Waals surface area contributed by atoms with E-state index in [4.69, 9.17) is 4.74 Å². The normalized spacial score (nSPS) is 20.0. The number of halogens is 5. The Bertz CT molecular complexity index is 762. The van der Waals surface area contributed by atoms with Crippen molar-refractivity contribution in [3.63, 3.8) is 0 Å². The molecule has 0 aliphatic carbocycles. The molecule has 2 aromatic rings. The second-order valence-electron chi connectivity index (χ2n) is 6.73. The van der Waals surface area contributed by atoms with Crippen LogP contribution in [0.25, 0.3) is 0 Å². The second kappa shape index (κ2) is 8.34. The maximum absolute atomic E-state index is 12.7. The topological polar surface area (TPSA) is 21.7 Å². The Hall–Kier alpha value is -2.35. The van der Waals surface area contributed by atoms with Gasteiger partial charge >= 0.3 is 12.8 Å². The van der Waals surface area contributed by atoms with Crippen LogP contribution in [0.1, 0.15) is 17.5 Å². The summed E-state index contributed by atoms with van der Waals surface area (Å²) in [6, 6.07) is 11.8. The molecule has 2 atom stereocenters. The quantitative estimate of drug-likeness (QED) is 0.615. The van der Waals surface area contributed by atoms with Crippen LogP contribution in [0.5, 0.6) is 5.75 Å². The Kier molecular flexibility index (Phi) is 6.07. The van der Waals surface area contributed by atoms with Crippen LogP contribution in [0, 0.1) is 6.92 Å². The van der Waals surface area contributed by atoms with E-state index in [1.54, 1.807) is 0 Å². The van der Waals surface area contributed by atoms with Crippen LogP contribution in [-0.4, -0.2) is 31.9 Å². The fourth-order valence-electron chi connectivity index (χ4n) is 3.27. The number of ether oxygens (including phenoxy) is 2. The van der Waals surface area contributed by atoms with Gasteiger partial charge in [-0.3, -0.25) is 0 Å². The van der Waals surface area contributed by atoms with E-state index in [-0.39, 0.29) is 18.8 Å². The highest BCUT2D eigenvalue weighted by atomic mass is 19.4. The van der Waals surface area contributed by atoms with Gasteiger partial charge < -0.3 is 14.4 Å².